The minimum Gasteiger partial charge on any atom is -0.369 e. The van der Waals surface area contributed by atoms with Gasteiger partial charge in [0.1, 0.15) is 5.60 Å². The molecule has 1 atom stereocenters. The molecule has 0 amide bonds. The lowest BCUT2D eigenvalue weighted by Gasteiger charge is -2.37. The normalized spacial score (nSPS) is 25.9. The Morgan fingerprint density at radius 1 is 1.43 bits per heavy atom. The van der Waals surface area contributed by atoms with Crippen molar-refractivity contribution in [2.75, 3.05) is 13.2 Å². The van der Waals surface area contributed by atoms with Crippen molar-refractivity contribution in [2.45, 2.75) is 25.4 Å². The molecule has 1 aromatic rings. The van der Waals surface area contributed by atoms with E-state index in [-0.39, 0.29) is 5.60 Å². The molecule has 0 saturated heterocycles. The lowest BCUT2D eigenvalue weighted by Crippen LogP contribution is -2.41. The van der Waals surface area contributed by atoms with Gasteiger partial charge in [0.25, 0.3) is 0 Å². The lowest BCUT2D eigenvalue weighted by atomic mass is 9.84. The van der Waals surface area contributed by atoms with Gasteiger partial charge in [-0.15, -0.1) is 0 Å². The van der Waals surface area contributed by atoms with Crippen LogP contribution in [0.3, 0.4) is 0 Å². The summed E-state index contributed by atoms with van der Waals surface area (Å²) in [5.41, 5.74) is 8.29. The van der Waals surface area contributed by atoms with Crippen molar-refractivity contribution in [3.8, 4) is 0 Å². The summed E-state index contributed by atoms with van der Waals surface area (Å²) >= 11 is 0. The number of hydrogen-bond acceptors (Lipinski definition) is 2. The Morgan fingerprint density at radius 2 is 2.21 bits per heavy atom. The molecule has 2 nitrogen and oxygen atoms in total. The van der Waals surface area contributed by atoms with Crippen LogP contribution in [0.4, 0.5) is 0 Å². The number of ether oxygens (including phenoxy) is 1. The molecular weight excluding hydrogens is 174 g/mol. The molecule has 2 N–H and O–H groups in total. The van der Waals surface area contributed by atoms with Gasteiger partial charge in [-0.05, 0) is 24.0 Å². The summed E-state index contributed by atoms with van der Waals surface area (Å²) < 4.78 is 5.87. The molecular formula is C12H17NO. The zero-order valence-corrected chi connectivity index (χ0v) is 8.62. The van der Waals surface area contributed by atoms with Crippen molar-refractivity contribution >= 4 is 0 Å². The fraction of sp³-hybridized carbons (Fsp3) is 0.500. The van der Waals surface area contributed by atoms with Gasteiger partial charge in [-0.25, -0.2) is 0 Å². The first-order valence-electron chi connectivity index (χ1n) is 5.25. The molecule has 1 aromatic carbocycles. The van der Waals surface area contributed by atoms with Gasteiger partial charge in [0.15, 0.2) is 0 Å². The summed E-state index contributed by atoms with van der Waals surface area (Å²) in [5.74, 6) is 0. The van der Waals surface area contributed by atoms with Crippen molar-refractivity contribution in [1.29, 1.82) is 0 Å². The molecule has 1 heterocycles. The number of benzene rings is 1. The van der Waals surface area contributed by atoms with Crippen LogP contribution in [0.2, 0.25) is 0 Å². The molecule has 0 saturated carbocycles. The third-order valence-electron chi connectivity index (χ3n) is 3.16. The van der Waals surface area contributed by atoms with Gasteiger partial charge in [-0.3, -0.25) is 0 Å². The summed E-state index contributed by atoms with van der Waals surface area (Å²) in [6.45, 7) is 3.50. The van der Waals surface area contributed by atoms with Gasteiger partial charge in [-0.1, -0.05) is 31.2 Å². The quantitative estimate of drug-likeness (QED) is 0.774. The highest BCUT2D eigenvalue weighted by molar-refractivity contribution is 5.34. The molecule has 0 bridgehead atoms. The second-order valence-electron chi connectivity index (χ2n) is 3.81. The predicted octanol–water partition coefficient (Wildman–Crippen LogP) is 1.82. The van der Waals surface area contributed by atoms with E-state index in [1.807, 2.05) is 0 Å². The second kappa shape index (κ2) is 3.71. The molecule has 0 unspecified atom stereocenters. The molecule has 0 aromatic heterocycles. The van der Waals surface area contributed by atoms with Crippen LogP contribution in [0.5, 0.6) is 0 Å². The molecule has 1 aliphatic heterocycles. The SMILES string of the molecule is CC[C@@]1(CN)OCCc2ccccc21. The first-order valence-corrected chi connectivity index (χ1v) is 5.25. The monoisotopic (exact) mass is 191 g/mol. The van der Waals surface area contributed by atoms with E-state index in [0.29, 0.717) is 6.54 Å². The van der Waals surface area contributed by atoms with Gasteiger partial charge in [0.05, 0.1) is 6.61 Å². The van der Waals surface area contributed by atoms with Crippen LogP contribution >= 0.6 is 0 Å². The molecule has 0 aliphatic carbocycles. The molecule has 14 heavy (non-hydrogen) atoms. The molecule has 0 fully saturated rings. The van der Waals surface area contributed by atoms with Crippen molar-refractivity contribution in [3.05, 3.63) is 35.4 Å². The Hall–Kier alpha value is -0.860. The Labute approximate surface area is 85.1 Å². The van der Waals surface area contributed by atoms with Gasteiger partial charge in [0, 0.05) is 6.54 Å². The Kier molecular flexibility index (Phi) is 2.57. The van der Waals surface area contributed by atoms with Crippen LogP contribution in [0.1, 0.15) is 24.5 Å². The van der Waals surface area contributed by atoms with Crippen LogP contribution in [-0.4, -0.2) is 13.2 Å². The van der Waals surface area contributed by atoms with E-state index in [1.54, 1.807) is 0 Å². The van der Waals surface area contributed by atoms with Crippen LogP contribution in [0.25, 0.3) is 0 Å². The van der Waals surface area contributed by atoms with Crippen LogP contribution < -0.4 is 5.73 Å². The molecule has 0 radical (unpaired) electrons. The van der Waals surface area contributed by atoms with E-state index in [0.717, 1.165) is 19.4 Å². The zero-order chi connectivity index (χ0) is 10.0. The van der Waals surface area contributed by atoms with Crippen molar-refractivity contribution in [3.63, 3.8) is 0 Å². The van der Waals surface area contributed by atoms with E-state index < -0.39 is 0 Å². The largest absolute Gasteiger partial charge is 0.369 e. The standard InChI is InChI=1S/C12H17NO/c1-2-12(9-13)11-6-4-3-5-10(11)7-8-14-12/h3-6H,2,7-9,13H2,1H3/t12-/m0/s1. The molecule has 2 heteroatoms. The highest BCUT2D eigenvalue weighted by Crippen LogP contribution is 2.34. The van der Waals surface area contributed by atoms with Gasteiger partial charge in [0.2, 0.25) is 0 Å². The predicted molar refractivity (Wildman–Crippen MR) is 57.1 cm³/mol. The highest BCUT2D eigenvalue weighted by atomic mass is 16.5. The first kappa shape index (κ1) is 9.69. The fourth-order valence-electron chi connectivity index (χ4n) is 2.22. The van der Waals surface area contributed by atoms with E-state index in [4.69, 9.17) is 10.5 Å². The lowest BCUT2D eigenvalue weighted by molar-refractivity contribution is -0.0562. The van der Waals surface area contributed by atoms with Crippen molar-refractivity contribution < 1.29 is 4.74 Å². The third-order valence-corrected chi connectivity index (χ3v) is 3.16. The van der Waals surface area contributed by atoms with E-state index in [1.165, 1.54) is 11.1 Å². The molecule has 1 aliphatic rings. The number of nitrogens with two attached hydrogens (primary N) is 1. The van der Waals surface area contributed by atoms with E-state index in [9.17, 15) is 0 Å². The Balaban J connectivity index is 2.48. The average Bonchev–Trinajstić information content (AvgIpc) is 2.28. The first-order chi connectivity index (χ1) is 6.82. The summed E-state index contributed by atoms with van der Waals surface area (Å²) in [5, 5.41) is 0. The smallest absolute Gasteiger partial charge is 0.105 e. The maximum Gasteiger partial charge on any atom is 0.105 e. The number of rotatable bonds is 2. The van der Waals surface area contributed by atoms with Crippen molar-refractivity contribution in [2.24, 2.45) is 5.73 Å². The van der Waals surface area contributed by atoms with Crippen LogP contribution in [0.15, 0.2) is 24.3 Å². The topological polar surface area (TPSA) is 35.2 Å². The summed E-state index contributed by atoms with van der Waals surface area (Å²) in [4.78, 5) is 0. The summed E-state index contributed by atoms with van der Waals surface area (Å²) in [6, 6.07) is 8.47. The second-order valence-corrected chi connectivity index (χ2v) is 3.81. The Morgan fingerprint density at radius 3 is 2.93 bits per heavy atom. The minimum atomic E-state index is -0.227. The van der Waals surface area contributed by atoms with Gasteiger partial charge < -0.3 is 10.5 Å². The number of hydrogen-bond donors (Lipinski definition) is 1. The average molecular weight is 191 g/mol. The van der Waals surface area contributed by atoms with E-state index in [2.05, 4.69) is 31.2 Å². The van der Waals surface area contributed by atoms with Gasteiger partial charge >= 0.3 is 0 Å². The van der Waals surface area contributed by atoms with Crippen LogP contribution in [-0.2, 0) is 16.8 Å². The summed E-state index contributed by atoms with van der Waals surface area (Å²) in [6.07, 6.45) is 1.96. The molecule has 2 rings (SSSR count). The van der Waals surface area contributed by atoms with E-state index >= 15 is 0 Å². The van der Waals surface area contributed by atoms with Gasteiger partial charge in [-0.2, -0.15) is 0 Å². The maximum atomic E-state index is 5.87. The highest BCUT2D eigenvalue weighted by Gasteiger charge is 2.34. The third kappa shape index (κ3) is 1.35. The number of fused-ring (bicyclic) bond motifs is 1. The fourth-order valence-corrected chi connectivity index (χ4v) is 2.22. The summed E-state index contributed by atoms with van der Waals surface area (Å²) in [7, 11) is 0. The van der Waals surface area contributed by atoms with Crippen LogP contribution in [0, 0.1) is 0 Å². The molecule has 76 valence electrons. The zero-order valence-electron chi connectivity index (χ0n) is 8.62. The minimum absolute atomic E-state index is 0.227. The van der Waals surface area contributed by atoms with Crippen molar-refractivity contribution in [1.82, 2.24) is 0 Å². The molecule has 0 spiro atoms. The maximum absolute atomic E-state index is 5.87. The Bertz CT molecular complexity index is 318.